The summed E-state index contributed by atoms with van der Waals surface area (Å²) >= 11 is 13.3. The van der Waals surface area contributed by atoms with Crippen LogP contribution in [-0.4, -0.2) is 58.8 Å². The summed E-state index contributed by atoms with van der Waals surface area (Å²) in [4.78, 5) is 33.0. The highest BCUT2D eigenvalue weighted by Gasteiger charge is 2.30. The molecular formula is C17H17Cl2FN4O2S. The summed E-state index contributed by atoms with van der Waals surface area (Å²) in [7, 11) is 0. The van der Waals surface area contributed by atoms with E-state index in [1.54, 1.807) is 16.2 Å². The van der Waals surface area contributed by atoms with Crippen LogP contribution in [0.3, 0.4) is 0 Å². The predicted molar refractivity (Wildman–Crippen MR) is 103 cm³/mol. The Bertz CT molecular complexity index is 842. The number of piperazine rings is 1. The van der Waals surface area contributed by atoms with Gasteiger partial charge in [-0.25, -0.2) is 9.37 Å². The lowest BCUT2D eigenvalue weighted by Crippen LogP contribution is -2.54. The second kappa shape index (κ2) is 8.52. The molecule has 2 aromatic rings. The van der Waals surface area contributed by atoms with Gasteiger partial charge in [-0.3, -0.25) is 9.59 Å². The average molecular weight is 431 g/mol. The van der Waals surface area contributed by atoms with Crippen molar-refractivity contribution in [2.45, 2.75) is 12.5 Å². The van der Waals surface area contributed by atoms with Crippen molar-refractivity contribution in [1.29, 1.82) is 0 Å². The third-order valence-corrected chi connectivity index (χ3v) is 5.89. The molecule has 2 aromatic heterocycles. The molecule has 10 heteroatoms. The van der Waals surface area contributed by atoms with Crippen LogP contribution in [0.15, 0.2) is 23.7 Å². The Hall–Kier alpha value is -1.74. The van der Waals surface area contributed by atoms with Gasteiger partial charge in [0, 0.05) is 37.5 Å². The maximum absolute atomic E-state index is 13.6. The molecule has 1 saturated heterocycles. The first kappa shape index (κ1) is 20.0. The van der Waals surface area contributed by atoms with Crippen molar-refractivity contribution in [3.05, 3.63) is 50.1 Å². The van der Waals surface area contributed by atoms with Crippen LogP contribution in [0.25, 0.3) is 0 Å². The second-order valence-corrected chi connectivity index (χ2v) is 7.86. The number of hydrogen-bond acceptors (Lipinski definition) is 5. The minimum absolute atomic E-state index is 0.150. The summed E-state index contributed by atoms with van der Waals surface area (Å²) in [6.07, 6.45) is 1.35. The van der Waals surface area contributed by atoms with Crippen LogP contribution in [0.4, 0.5) is 4.39 Å². The summed E-state index contributed by atoms with van der Waals surface area (Å²) in [6, 6.07) is 3.23. The Balaban J connectivity index is 1.61. The fraction of sp³-hybridized carbons (Fsp3) is 0.353. The minimum Gasteiger partial charge on any atom is -0.338 e. The van der Waals surface area contributed by atoms with Gasteiger partial charge in [0.25, 0.3) is 5.91 Å². The van der Waals surface area contributed by atoms with Gasteiger partial charge in [-0.1, -0.05) is 29.3 Å². The lowest BCUT2D eigenvalue weighted by atomic mass is 10.1. The third kappa shape index (κ3) is 4.40. The number of nitrogens with zero attached hydrogens (tertiary/aromatic N) is 3. The van der Waals surface area contributed by atoms with Crippen molar-refractivity contribution in [2.24, 2.45) is 5.73 Å². The maximum Gasteiger partial charge on any atom is 0.258 e. The molecule has 0 aromatic carbocycles. The summed E-state index contributed by atoms with van der Waals surface area (Å²) in [5.41, 5.74) is 5.87. The number of amides is 2. The summed E-state index contributed by atoms with van der Waals surface area (Å²) in [5, 5.41) is 1.44. The van der Waals surface area contributed by atoms with E-state index in [0.717, 1.165) is 11.1 Å². The molecule has 0 spiro atoms. The van der Waals surface area contributed by atoms with E-state index < -0.39 is 17.8 Å². The number of carbonyl (C=O) groups is 2. The van der Waals surface area contributed by atoms with Gasteiger partial charge in [-0.2, -0.15) is 0 Å². The topological polar surface area (TPSA) is 79.5 Å². The summed E-state index contributed by atoms with van der Waals surface area (Å²) < 4.78 is 13.6. The fourth-order valence-electron chi connectivity index (χ4n) is 2.88. The molecule has 1 aliphatic rings. The van der Waals surface area contributed by atoms with Gasteiger partial charge in [0.15, 0.2) is 5.82 Å². The monoisotopic (exact) mass is 430 g/mol. The standard InChI is InChI=1S/C17H17Cl2FN4O2S/c18-14-11(20)9-22-15(19)13(14)17(26)24-5-3-23(4-6-24)16(25)12(21)8-10-2-1-7-27-10/h1-2,7,9,12H,3-6,8,21H2. The zero-order valence-corrected chi connectivity index (χ0v) is 16.5. The minimum atomic E-state index is -0.808. The Morgan fingerprint density at radius 3 is 2.56 bits per heavy atom. The SMILES string of the molecule is NC(Cc1cccs1)C(=O)N1CCN(C(=O)c2c(Cl)ncc(F)c2Cl)CC1. The van der Waals surface area contributed by atoms with Gasteiger partial charge in [-0.15, -0.1) is 11.3 Å². The zero-order valence-electron chi connectivity index (χ0n) is 14.2. The van der Waals surface area contributed by atoms with Crippen LogP contribution >= 0.6 is 34.5 Å². The third-order valence-electron chi connectivity index (χ3n) is 4.34. The van der Waals surface area contributed by atoms with E-state index in [4.69, 9.17) is 28.9 Å². The van der Waals surface area contributed by atoms with E-state index in [9.17, 15) is 14.0 Å². The number of nitrogens with two attached hydrogens (primary N) is 1. The van der Waals surface area contributed by atoms with E-state index >= 15 is 0 Å². The van der Waals surface area contributed by atoms with E-state index in [-0.39, 0.29) is 34.7 Å². The number of halogens is 3. The summed E-state index contributed by atoms with van der Waals surface area (Å²) in [5.74, 6) is -1.47. The quantitative estimate of drug-likeness (QED) is 0.755. The van der Waals surface area contributed by atoms with Crippen molar-refractivity contribution < 1.29 is 14.0 Å². The Kier molecular flexibility index (Phi) is 6.31. The number of rotatable bonds is 4. The first-order valence-electron chi connectivity index (χ1n) is 8.24. The number of pyridine rings is 1. The summed E-state index contributed by atoms with van der Waals surface area (Å²) in [6.45, 7) is 1.22. The van der Waals surface area contributed by atoms with E-state index in [0.29, 0.717) is 19.5 Å². The molecule has 1 unspecified atom stereocenters. The number of aromatic nitrogens is 1. The zero-order chi connectivity index (χ0) is 19.6. The van der Waals surface area contributed by atoms with Crippen LogP contribution in [0.1, 0.15) is 15.2 Å². The average Bonchev–Trinajstić information content (AvgIpc) is 3.17. The van der Waals surface area contributed by atoms with Crippen molar-refractivity contribution in [3.8, 4) is 0 Å². The Labute approximate surface area is 169 Å². The predicted octanol–water partition coefficient (Wildman–Crippen LogP) is 2.44. The molecule has 1 fully saturated rings. The molecule has 1 aliphatic heterocycles. The van der Waals surface area contributed by atoms with Gasteiger partial charge in [0.05, 0.1) is 22.8 Å². The normalized spacial score (nSPS) is 15.7. The van der Waals surface area contributed by atoms with Gasteiger partial charge < -0.3 is 15.5 Å². The lowest BCUT2D eigenvalue weighted by molar-refractivity contribution is -0.134. The molecule has 1 atom stereocenters. The van der Waals surface area contributed by atoms with Gasteiger partial charge in [0.1, 0.15) is 5.15 Å². The molecule has 0 radical (unpaired) electrons. The second-order valence-electron chi connectivity index (χ2n) is 6.09. The van der Waals surface area contributed by atoms with Gasteiger partial charge in [0.2, 0.25) is 5.91 Å². The molecule has 2 N–H and O–H groups in total. The molecule has 2 amide bonds. The highest BCUT2D eigenvalue weighted by atomic mass is 35.5. The first-order chi connectivity index (χ1) is 12.9. The highest BCUT2D eigenvalue weighted by Crippen LogP contribution is 2.27. The van der Waals surface area contributed by atoms with Crippen LogP contribution in [0, 0.1) is 5.82 Å². The van der Waals surface area contributed by atoms with E-state index in [1.807, 2.05) is 17.5 Å². The molecule has 144 valence electrons. The maximum atomic E-state index is 13.6. The van der Waals surface area contributed by atoms with Crippen molar-refractivity contribution in [1.82, 2.24) is 14.8 Å². The lowest BCUT2D eigenvalue weighted by Gasteiger charge is -2.36. The highest BCUT2D eigenvalue weighted by molar-refractivity contribution is 7.09. The van der Waals surface area contributed by atoms with Gasteiger partial charge in [-0.05, 0) is 11.4 Å². The number of hydrogen-bond donors (Lipinski definition) is 1. The molecule has 0 bridgehead atoms. The first-order valence-corrected chi connectivity index (χ1v) is 9.87. The molecular weight excluding hydrogens is 414 g/mol. The van der Waals surface area contributed by atoms with Gasteiger partial charge >= 0.3 is 0 Å². The number of thiophene rings is 1. The molecule has 0 saturated carbocycles. The molecule has 0 aliphatic carbocycles. The Morgan fingerprint density at radius 1 is 1.26 bits per heavy atom. The van der Waals surface area contributed by atoms with Crippen molar-refractivity contribution in [2.75, 3.05) is 26.2 Å². The molecule has 6 nitrogen and oxygen atoms in total. The van der Waals surface area contributed by atoms with E-state index in [1.165, 1.54) is 4.90 Å². The van der Waals surface area contributed by atoms with Crippen molar-refractivity contribution >= 4 is 46.4 Å². The Morgan fingerprint density at radius 2 is 1.93 bits per heavy atom. The van der Waals surface area contributed by atoms with E-state index in [2.05, 4.69) is 4.98 Å². The fourth-order valence-corrected chi connectivity index (χ4v) is 4.14. The van der Waals surface area contributed by atoms with Crippen LogP contribution < -0.4 is 5.73 Å². The number of carbonyl (C=O) groups excluding carboxylic acids is 2. The van der Waals surface area contributed by atoms with Crippen LogP contribution in [0.2, 0.25) is 10.2 Å². The smallest absolute Gasteiger partial charge is 0.258 e. The molecule has 3 heterocycles. The van der Waals surface area contributed by atoms with Crippen molar-refractivity contribution in [3.63, 3.8) is 0 Å². The van der Waals surface area contributed by atoms with Crippen LogP contribution in [-0.2, 0) is 11.2 Å². The molecule has 27 heavy (non-hydrogen) atoms. The largest absolute Gasteiger partial charge is 0.338 e. The van der Waals surface area contributed by atoms with Crippen LogP contribution in [0.5, 0.6) is 0 Å². The molecule has 3 rings (SSSR count).